The highest BCUT2D eigenvalue weighted by Gasteiger charge is 2.69. The van der Waals surface area contributed by atoms with Gasteiger partial charge in [-0.05, 0) is 42.2 Å². The summed E-state index contributed by atoms with van der Waals surface area (Å²) in [5.74, 6) is -0.486. The number of halogens is 1. The third kappa shape index (κ3) is 3.94. The number of rotatable bonds is 7. The van der Waals surface area contributed by atoms with Crippen LogP contribution in [0, 0.1) is 10.1 Å². The molecule has 1 aromatic carbocycles. The molecule has 1 saturated heterocycles. The first-order valence-corrected chi connectivity index (χ1v) is 12.5. The normalized spacial score (nSPS) is 23.1. The van der Waals surface area contributed by atoms with Crippen LogP contribution in [0.4, 0.5) is 5.69 Å². The Morgan fingerprint density at radius 1 is 1.34 bits per heavy atom. The van der Waals surface area contributed by atoms with E-state index in [-0.39, 0.29) is 18.0 Å². The Hall–Kier alpha value is -3.12. The molecule has 1 aromatic heterocycles. The molecule has 1 aliphatic carbocycles. The van der Waals surface area contributed by atoms with Gasteiger partial charge in [0.25, 0.3) is 11.6 Å². The lowest BCUT2D eigenvalue weighted by atomic mass is 9.89. The van der Waals surface area contributed by atoms with E-state index >= 15 is 0 Å². The van der Waals surface area contributed by atoms with Crippen molar-refractivity contribution in [3.63, 3.8) is 0 Å². The fraction of sp³-hybridized carbons (Fsp3) is 0.348. The van der Waals surface area contributed by atoms with Gasteiger partial charge in [-0.25, -0.2) is 4.79 Å². The highest BCUT2D eigenvalue weighted by atomic mass is 79.9. The molecule has 182 valence electrons. The third-order valence-electron chi connectivity index (χ3n) is 6.12. The summed E-state index contributed by atoms with van der Waals surface area (Å²) in [7, 11) is 0. The second-order valence-electron chi connectivity index (χ2n) is 8.37. The van der Waals surface area contributed by atoms with Gasteiger partial charge in [-0.1, -0.05) is 15.9 Å². The van der Waals surface area contributed by atoms with Crippen molar-refractivity contribution in [3.8, 4) is 0 Å². The lowest BCUT2D eigenvalue weighted by molar-refractivity contribution is -0.384. The number of aryl methyl sites for hydroxylation is 2. The number of non-ortho nitro benzene ring substituents is 1. The predicted octanol–water partition coefficient (Wildman–Crippen LogP) is 3.91. The number of thioether (sulfide) groups is 1. The summed E-state index contributed by atoms with van der Waals surface area (Å²) in [5, 5.41) is 11.8. The number of ether oxygens (including phenoxy) is 2. The number of fused-ring (bicyclic) bond motifs is 2. The minimum Gasteiger partial charge on any atom is -0.462 e. The summed E-state index contributed by atoms with van der Waals surface area (Å²) < 4.78 is 15.5. The zero-order chi connectivity index (χ0) is 24.9. The van der Waals surface area contributed by atoms with Crippen molar-refractivity contribution >= 4 is 51.2 Å². The van der Waals surface area contributed by atoms with E-state index in [2.05, 4.69) is 15.9 Å². The van der Waals surface area contributed by atoms with E-state index in [1.54, 1.807) is 0 Å². The zero-order valence-electron chi connectivity index (χ0n) is 18.4. The van der Waals surface area contributed by atoms with Crippen LogP contribution < -0.4 is 0 Å². The van der Waals surface area contributed by atoms with E-state index in [9.17, 15) is 24.5 Å². The molecule has 1 unspecified atom stereocenters. The first-order chi connectivity index (χ1) is 16.7. The van der Waals surface area contributed by atoms with E-state index in [1.165, 1.54) is 53.3 Å². The molecule has 1 amide bonds. The maximum absolute atomic E-state index is 13.3. The summed E-state index contributed by atoms with van der Waals surface area (Å²) in [4.78, 5) is 49.5. The summed E-state index contributed by atoms with van der Waals surface area (Å²) >= 11 is 4.76. The quantitative estimate of drug-likeness (QED) is 0.162. The number of nitrogens with zero attached hydrogens (tertiary/aromatic N) is 2. The van der Waals surface area contributed by atoms with Crippen molar-refractivity contribution in [1.82, 2.24) is 4.90 Å². The van der Waals surface area contributed by atoms with Crippen LogP contribution in [-0.4, -0.2) is 37.4 Å². The summed E-state index contributed by atoms with van der Waals surface area (Å²) in [5.41, 5.74) is 1.62. The maximum atomic E-state index is 13.3. The Labute approximate surface area is 211 Å². The van der Waals surface area contributed by atoms with Gasteiger partial charge in [0.2, 0.25) is 0 Å². The number of hydrogen-bond donors (Lipinski definition) is 0. The van der Waals surface area contributed by atoms with Crippen LogP contribution in [0.2, 0.25) is 0 Å². The molecular formula is C23H19BrN2O8S. The van der Waals surface area contributed by atoms with Gasteiger partial charge in [-0.3, -0.25) is 24.6 Å². The van der Waals surface area contributed by atoms with E-state index < -0.39 is 38.6 Å². The monoisotopic (exact) mass is 562 g/mol. The molecule has 0 radical (unpaired) electrons. The highest BCUT2D eigenvalue weighted by molar-refractivity contribution is 9.10. The van der Waals surface area contributed by atoms with Crippen LogP contribution in [0.1, 0.15) is 42.1 Å². The van der Waals surface area contributed by atoms with Gasteiger partial charge < -0.3 is 13.9 Å². The fourth-order valence-corrected chi connectivity index (χ4v) is 6.68. The van der Waals surface area contributed by atoms with Crippen molar-refractivity contribution in [2.24, 2.45) is 0 Å². The Morgan fingerprint density at radius 3 is 2.74 bits per heavy atom. The molecule has 3 atom stereocenters. The minimum absolute atomic E-state index is 0.0678. The molecule has 10 nitrogen and oxygen atoms in total. The smallest absolute Gasteiger partial charge is 0.355 e. The number of nitro benzene ring substituents is 1. The number of amides is 1. The number of nitro groups is 1. The van der Waals surface area contributed by atoms with Gasteiger partial charge >= 0.3 is 11.9 Å². The molecule has 3 heterocycles. The molecule has 12 heteroatoms. The van der Waals surface area contributed by atoms with Crippen LogP contribution >= 0.6 is 27.7 Å². The molecule has 3 aliphatic rings. The average Bonchev–Trinajstić information content (AvgIpc) is 3.54. The number of carbonyl (C=O) groups is 3. The van der Waals surface area contributed by atoms with Gasteiger partial charge in [0, 0.05) is 30.9 Å². The topological polar surface area (TPSA) is 129 Å². The minimum atomic E-state index is -1.31. The molecule has 0 saturated carbocycles. The molecule has 5 rings (SSSR count). The number of benzene rings is 1. The molecule has 2 aliphatic heterocycles. The Bertz CT molecular complexity index is 1250. The predicted molar refractivity (Wildman–Crippen MR) is 126 cm³/mol. The number of esters is 2. The van der Waals surface area contributed by atoms with Crippen molar-refractivity contribution in [2.45, 2.75) is 48.6 Å². The van der Waals surface area contributed by atoms with Crippen LogP contribution in [0.3, 0.4) is 0 Å². The van der Waals surface area contributed by atoms with Crippen molar-refractivity contribution in [2.75, 3.05) is 0 Å². The lowest BCUT2D eigenvalue weighted by Crippen LogP contribution is -2.70. The molecule has 2 aromatic rings. The lowest BCUT2D eigenvalue weighted by Gasteiger charge is -2.51. The molecule has 35 heavy (non-hydrogen) atoms. The number of carbonyl (C=O) groups excluding carboxylic acids is 3. The molecular weight excluding hydrogens is 544 g/mol. The molecule has 0 bridgehead atoms. The number of β-lactam (4-membered cyclic amide) rings is 1. The zero-order valence-corrected chi connectivity index (χ0v) is 20.8. The van der Waals surface area contributed by atoms with E-state index in [4.69, 9.17) is 13.9 Å². The van der Waals surface area contributed by atoms with Crippen LogP contribution in [0.15, 0.2) is 45.9 Å². The van der Waals surface area contributed by atoms with Gasteiger partial charge in [0.1, 0.15) is 29.2 Å². The van der Waals surface area contributed by atoms with Gasteiger partial charge in [0.15, 0.2) is 10.4 Å². The van der Waals surface area contributed by atoms with Crippen molar-refractivity contribution in [1.29, 1.82) is 0 Å². The largest absolute Gasteiger partial charge is 0.462 e. The average molecular weight is 563 g/mol. The third-order valence-corrected chi connectivity index (χ3v) is 8.82. The first-order valence-electron chi connectivity index (χ1n) is 10.8. The van der Waals surface area contributed by atoms with Crippen molar-refractivity contribution in [3.05, 3.63) is 74.2 Å². The fourth-order valence-electron chi connectivity index (χ4n) is 4.42. The number of alkyl halides is 1. The Morgan fingerprint density at radius 2 is 2.09 bits per heavy atom. The highest BCUT2D eigenvalue weighted by Crippen LogP contribution is 2.58. The van der Waals surface area contributed by atoms with Crippen LogP contribution in [0.25, 0.3) is 0 Å². The van der Waals surface area contributed by atoms with Crippen LogP contribution in [-0.2, 0) is 43.3 Å². The molecule has 0 spiro atoms. The van der Waals surface area contributed by atoms with Gasteiger partial charge in [-0.15, -0.1) is 11.8 Å². The van der Waals surface area contributed by atoms with Gasteiger partial charge in [-0.2, -0.15) is 0 Å². The summed E-state index contributed by atoms with van der Waals surface area (Å²) in [6, 6.07) is 7.47. The maximum Gasteiger partial charge on any atom is 0.355 e. The second-order valence-corrected chi connectivity index (χ2v) is 10.6. The Kier molecular flexibility index (Phi) is 5.96. The van der Waals surface area contributed by atoms with E-state index in [1.807, 2.05) is 6.07 Å². The van der Waals surface area contributed by atoms with Crippen LogP contribution in [0.5, 0.6) is 0 Å². The molecule has 1 fully saturated rings. The second kappa shape index (κ2) is 8.83. The Balaban J connectivity index is 1.30. The van der Waals surface area contributed by atoms with E-state index in [0.717, 1.165) is 30.6 Å². The standard InChI is InChI=1S/C23H19BrN2O8S/c1-12(27)33-19(18-9-14-3-2-4-17(14)34-18)23(24)21(29)25-16(11-35-22(23)25)20(28)32-10-13-5-7-15(8-6-13)26(30)31/h5-9,11,19,22H,2-4,10H2,1H3/t19?,22-,23-/m0/s1. The summed E-state index contributed by atoms with van der Waals surface area (Å²) in [6.07, 6.45) is 1.65. The number of hydrogen-bond acceptors (Lipinski definition) is 9. The van der Waals surface area contributed by atoms with Gasteiger partial charge in [0.05, 0.1) is 4.92 Å². The first kappa shape index (κ1) is 23.6. The SMILES string of the molecule is CC(=O)OC(c1cc2c(o1)CCC2)[C@]1(Br)C(=O)N2C(C(=O)OCc3ccc([N+](=O)[O-])cc3)=CS[C@H]21. The molecule has 0 N–H and O–H groups in total. The summed E-state index contributed by atoms with van der Waals surface area (Å²) in [6.45, 7) is 1.15. The van der Waals surface area contributed by atoms with Crippen molar-refractivity contribution < 1.29 is 33.2 Å². The number of furan rings is 1. The van der Waals surface area contributed by atoms with E-state index in [0.29, 0.717) is 11.3 Å².